The Labute approximate surface area is 215 Å². The summed E-state index contributed by atoms with van der Waals surface area (Å²) in [6.45, 7) is 16.8. The molecule has 0 atom stereocenters. The molecule has 192 valence electrons. The minimum Gasteiger partial charge on any atom is -0.508 e. The van der Waals surface area contributed by atoms with E-state index in [2.05, 4.69) is 35.5 Å². The van der Waals surface area contributed by atoms with E-state index in [1.165, 1.54) is 16.7 Å². The minimum atomic E-state index is 0.332. The van der Waals surface area contributed by atoms with Gasteiger partial charge in [-0.3, -0.25) is 14.7 Å². The Morgan fingerprint density at radius 1 is 0.472 bits per heavy atom. The lowest BCUT2D eigenvalue weighted by Gasteiger charge is -2.43. The Hall–Kier alpha value is -3.06. The third-order valence-electron chi connectivity index (χ3n) is 7.76. The van der Waals surface area contributed by atoms with Crippen LogP contribution in [0.4, 0.5) is 0 Å². The third kappa shape index (κ3) is 5.36. The van der Waals surface area contributed by atoms with Crippen LogP contribution in [0.15, 0.2) is 36.4 Å². The van der Waals surface area contributed by atoms with Crippen LogP contribution in [-0.4, -0.2) is 50.0 Å². The smallest absolute Gasteiger partial charge is 0.118 e. The summed E-state index contributed by atoms with van der Waals surface area (Å²) in [5.74, 6) is 0.995. The summed E-state index contributed by atoms with van der Waals surface area (Å²) in [6, 6.07) is 11.2. The number of rotatable bonds is 6. The van der Waals surface area contributed by atoms with Crippen LogP contribution >= 0.6 is 0 Å². The Bertz CT molecular complexity index is 1110. The van der Waals surface area contributed by atoms with Gasteiger partial charge >= 0.3 is 0 Å². The van der Waals surface area contributed by atoms with Crippen molar-refractivity contribution in [2.24, 2.45) is 0 Å². The predicted octanol–water partition coefficient (Wildman–Crippen LogP) is 5.35. The molecular weight excluding hydrogens is 450 g/mol. The van der Waals surface area contributed by atoms with Gasteiger partial charge in [0.1, 0.15) is 17.2 Å². The van der Waals surface area contributed by atoms with E-state index in [9.17, 15) is 15.3 Å². The summed E-state index contributed by atoms with van der Waals surface area (Å²) in [5.41, 5.74) is 9.78. The monoisotopic (exact) mass is 489 g/mol. The molecule has 1 heterocycles. The van der Waals surface area contributed by atoms with E-state index in [0.717, 1.165) is 73.0 Å². The zero-order chi connectivity index (χ0) is 26.1. The molecule has 6 heteroatoms. The zero-order valence-corrected chi connectivity index (χ0v) is 22.4. The summed E-state index contributed by atoms with van der Waals surface area (Å²) < 4.78 is 0. The van der Waals surface area contributed by atoms with E-state index >= 15 is 0 Å². The second-order valence-corrected chi connectivity index (χ2v) is 10.4. The van der Waals surface area contributed by atoms with Crippen LogP contribution in [0.5, 0.6) is 17.2 Å². The van der Waals surface area contributed by atoms with Crippen molar-refractivity contribution in [1.82, 2.24) is 14.7 Å². The summed E-state index contributed by atoms with van der Waals surface area (Å²) in [7, 11) is 0. The van der Waals surface area contributed by atoms with Crippen LogP contribution in [0, 0.1) is 41.5 Å². The molecule has 0 saturated carbocycles. The van der Waals surface area contributed by atoms with Gasteiger partial charge in [-0.1, -0.05) is 18.2 Å². The third-order valence-corrected chi connectivity index (χ3v) is 7.76. The largest absolute Gasteiger partial charge is 0.508 e. The van der Waals surface area contributed by atoms with Gasteiger partial charge in [-0.2, -0.15) is 0 Å². The predicted molar refractivity (Wildman–Crippen MR) is 144 cm³/mol. The Morgan fingerprint density at radius 2 is 0.722 bits per heavy atom. The van der Waals surface area contributed by atoms with Crippen molar-refractivity contribution in [3.05, 3.63) is 86.5 Å². The fourth-order valence-corrected chi connectivity index (χ4v) is 5.32. The van der Waals surface area contributed by atoms with Crippen LogP contribution in [0.1, 0.15) is 50.1 Å². The van der Waals surface area contributed by atoms with Crippen LogP contribution in [0.3, 0.4) is 0 Å². The molecule has 3 N–H and O–H groups in total. The van der Waals surface area contributed by atoms with Gasteiger partial charge in [-0.25, -0.2) is 0 Å². The van der Waals surface area contributed by atoms with Gasteiger partial charge in [0.2, 0.25) is 0 Å². The maximum Gasteiger partial charge on any atom is 0.118 e. The van der Waals surface area contributed by atoms with Crippen molar-refractivity contribution in [3.8, 4) is 17.2 Å². The fourth-order valence-electron chi connectivity index (χ4n) is 5.32. The molecule has 0 amide bonds. The highest BCUT2D eigenvalue weighted by Gasteiger charge is 2.27. The lowest BCUT2D eigenvalue weighted by atomic mass is 10.0. The molecular formula is C30H39N3O3. The highest BCUT2D eigenvalue weighted by molar-refractivity contribution is 5.45. The van der Waals surface area contributed by atoms with E-state index in [1.54, 1.807) is 18.2 Å². The number of phenolic OH excluding ortho intramolecular Hbond substituents is 3. The maximum absolute atomic E-state index is 10.3. The highest BCUT2D eigenvalue weighted by Crippen LogP contribution is 2.30. The van der Waals surface area contributed by atoms with E-state index < -0.39 is 0 Å². The van der Waals surface area contributed by atoms with Gasteiger partial charge in [0.05, 0.1) is 20.0 Å². The first-order valence-corrected chi connectivity index (χ1v) is 12.6. The molecule has 0 bridgehead atoms. The topological polar surface area (TPSA) is 70.4 Å². The standard InChI is InChI=1S/C30H39N3O3/c1-19-7-10-28(34)22(4)25(19)13-31-16-32(14-26-20(2)8-11-29(35)23(26)5)18-33(17-31)15-27-21(3)9-12-30(36)24(27)6/h7-12,34-36H,13-18H2,1-6H3. The minimum absolute atomic E-state index is 0.332. The lowest BCUT2D eigenvalue weighted by Crippen LogP contribution is -2.54. The molecule has 0 spiro atoms. The number of hydrogen-bond acceptors (Lipinski definition) is 6. The van der Waals surface area contributed by atoms with Gasteiger partial charge in [0.15, 0.2) is 0 Å². The molecule has 1 aliphatic rings. The second-order valence-electron chi connectivity index (χ2n) is 10.4. The molecule has 0 aliphatic carbocycles. The van der Waals surface area contributed by atoms with Crippen LogP contribution in [-0.2, 0) is 19.6 Å². The number of phenols is 3. The lowest BCUT2D eigenvalue weighted by molar-refractivity contribution is -0.0427. The molecule has 4 rings (SSSR count). The molecule has 3 aromatic carbocycles. The first-order chi connectivity index (χ1) is 17.0. The van der Waals surface area contributed by atoms with Crippen molar-refractivity contribution in [3.63, 3.8) is 0 Å². The maximum atomic E-state index is 10.3. The van der Waals surface area contributed by atoms with E-state index in [4.69, 9.17) is 0 Å². The van der Waals surface area contributed by atoms with E-state index in [1.807, 2.05) is 39.0 Å². The number of aromatic hydroxyl groups is 3. The molecule has 0 aromatic heterocycles. The average molecular weight is 490 g/mol. The van der Waals surface area contributed by atoms with Gasteiger partial charge in [0.25, 0.3) is 0 Å². The Kier molecular flexibility index (Phi) is 7.59. The molecule has 36 heavy (non-hydrogen) atoms. The SMILES string of the molecule is Cc1ccc(O)c(C)c1CN1CN(Cc2c(C)ccc(O)c2C)CN(Cc2c(C)ccc(O)c2C)C1. The summed E-state index contributed by atoms with van der Waals surface area (Å²) >= 11 is 0. The van der Waals surface area contributed by atoms with Crippen molar-refractivity contribution < 1.29 is 15.3 Å². The van der Waals surface area contributed by atoms with Crippen molar-refractivity contribution in [2.75, 3.05) is 20.0 Å². The highest BCUT2D eigenvalue weighted by atomic mass is 16.3. The van der Waals surface area contributed by atoms with Crippen LogP contribution in [0.25, 0.3) is 0 Å². The molecule has 1 fully saturated rings. The Balaban J connectivity index is 1.64. The summed E-state index contributed by atoms with van der Waals surface area (Å²) in [5, 5.41) is 31.0. The fraction of sp³-hybridized carbons (Fsp3) is 0.400. The van der Waals surface area contributed by atoms with E-state index in [0.29, 0.717) is 17.2 Å². The first-order valence-electron chi connectivity index (χ1n) is 12.6. The van der Waals surface area contributed by atoms with Crippen molar-refractivity contribution in [1.29, 1.82) is 0 Å². The van der Waals surface area contributed by atoms with Crippen LogP contribution in [0.2, 0.25) is 0 Å². The molecule has 0 unspecified atom stereocenters. The Morgan fingerprint density at radius 3 is 0.972 bits per heavy atom. The number of hydrogen-bond donors (Lipinski definition) is 3. The number of aryl methyl sites for hydroxylation is 3. The van der Waals surface area contributed by atoms with Crippen LogP contribution < -0.4 is 0 Å². The van der Waals surface area contributed by atoms with E-state index in [-0.39, 0.29) is 0 Å². The van der Waals surface area contributed by atoms with Crippen molar-refractivity contribution >= 4 is 0 Å². The van der Waals surface area contributed by atoms with Gasteiger partial charge in [-0.05, 0) is 110 Å². The molecule has 3 aromatic rings. The molecule has 1 saturated heterocycles. The average Bonchev–Trinajstić information content (AvgIpc) is 2.84. The second kappa shape index (κ2) is 10.5. The molecule has 6 nitrogen and oxygen atoms in total. The van der Waals surface area contributed by atoms with Crippen molar-refractivity contribution in [2.45, 2.75) is 61.2 Å². The summed E-state index contributed by atoms with van der Waals surface area (Å²) in [4.78, 5) is 7.21. The molecule has 0 radical (unpaired) electrons. The number of benzene rings is 3. The first kappa shape index (κ1) is 26.0. The van der Waals surface area contributed by atoms with Gasteiger partial charge in [0, 0.05) is 19.6 Å². The number of nitrogens with zero attached hydrogens (tertiary/aromatic N) is 3. The quantitative estimate of drug-likeness (QED) is 0.434. The normalized spacial score (nSPS) is 15.5. The van der Waals surface area contributed by atoms with Gasteiger partial charge < -0.3 is 15.3 Å². The molecule has 1 aliphatic heterocycles. The van der Waals surface area contributed by atoms with Gasteiger partial charge in [-0.15, -0.1) is 0 Å². The summed E-state index contributed by atoms with van der Waals surface area (Å²) in [6.07, 6.45) is 0. The zero-order valence-electron chi connectivity index (χ0n) is 22.4.